The number of ether oxygens (including phenoxy) is 4. The summed E-state index contributed by atoms with van der Waals surface area (Å²) in [6.45, 7) is 4.92. The number of hydrogen-bond donors (Lipinski definition) is 0. The quantitative estimate of drug-likeness (QED) is 0.464. The van der Waals surface area contributed by atoms with Gasteiger partial charge >= 0.3 is 0 Å². The number of methoxy groups -OCH3 is 1. The summed E-state index contributed by atoms with van der Waals surface area (Å²) in [5.41, 5.74) is 0.951. The van der Waals surface area contributed by atoms with E-state index in [-0.39, 0.29) is 0 Å². The lowest BCUT2D eigenvalue weighted by Gasteiger charge is -2.12. The van der Waals surface area contributed by atoms with E-state index in [1.54, 1.807) is 7.11 Å². The van der Waals surface area contributed by atoms with Crippen molar-refractivity contribution < 1.29 is 18.9 Å². The largest absolute Gasteiger partial charge is 0.493 e. The van der Waals surface area contributed by atoms with Crippen molar-refractivity contribution in [1.82, 2.24) is 0 Å². The molecule has 0 bridgehead atoms. The lowest BCUT2D eigenvalue weighted by molar-refractivity contribution is 0.0542. The minimum atomic E-state index is 0.411. The van der Waals surface area contributed by atoms with Crippen LogP contribution in [0.25, 0.3) is 0 Å². The number of rotatable bonds is 11. The molecule has 4 nitrogen and oxygen atoms in total. The second kappa shape index (κ2) is 10.8. The highest BCUT2D eigenvalue weighted by atomic mass is 35.5. The third-order valence-electron chi connectivity index (χ3n) is 2.57. The van der Waals surface area contributed by atoms with Gasteiger partial charge in [0.15, 0.2) is 0 Å². The molecule has 0 aliphatic heterocycles. The van der Waals surface area contributed by atoms with Crippen molar-refractivity contribution in [1.29, 1.82) is 0 Å². The first-order chi connectivity index (χ1) is 9.81. The Morgan fingerprint density at radius 1 is 1.00 bits per heavy atom. The minimum Gasteiger partial charge on any atom is -0.493 e. The number of alkyl halides is 1. The zero-order valence-electron chi connectivity index (χ0n) is 12.2. The van der Waals surface area contributed by atoms with Crippen LogP contribution in [0.15, 0.2) is 18.2 Å². The molecule has 0 aliphatic carbocycles. The molecule has 0 aliphatic rings. The molecule has 0 atom stereocenters. The number of hydrogen-bond acceptors (Lipinski definition) is 4. The molecular weight excluding hydrogens is 280 g/mol. The van der Waals surface area contributed by atoms with Gasteiger partial charge < -0.3 is 18.9 Å². The summed E-state index contributed by atoms with van der Waals surface area (Å²) in [7, 11) is 1.65. The second-order valence-corrected chi connectivity index (χ2v) is 4.47. The Morgan fingerprint density at radius 3 is 2.50 bits per heavy atom. The van der Waals surface area contributed by atoms with E-state index in [0.717, 1.165) is 23.5 Å². The molecule has 0 unspecified atom stereocenters. The lowest BCUT2D eigenvalue weighted by atomic mass is 10.2. The highest BCUT2D eigenvalue weighted by Gasteiger charge is 2.05. The molecule has 0 amide bonds. The van der Waals surface area contributed by atoms with Crippen LogP contribution in [0.2, 0.25) is 0 Å². The molecular formula is C15H23ClO4. The molecule has 0 aromatic heterocycles. The van der Waals surface area contributed by atoms with Gasteiger partial charge in [-0.25, -0.2) is 0 Å². The van der Waals surface area contributed by atoms with E-state index < -0.39 is 0 Å². The maximum Gasteiger partial charge on any atom is 0.127 e. The van der Waals surface area contributed by atoms with Gasteiger partial charge in [0.05, 0.1) is 32.3 Å². The van der Waals surface area contributed by atoms with Gasteiger partial charge in [-0.3, -0.25) is 0 Å². The molecule has 0 radical (unpaired) electrons. The van der Waals surface area contributed by atoms with Gasteiger partial charge in [-0.2, -0.15) is 0 Å². The summed E-state index contributed by atoms with van der Waals surface area (Å²) in [6.07, 6.45) is 0.973. The average molecular weight is 303 g/mol. The fraction of sp³-hybridized carbons (Fsp3) is 0.600. The topological polar surface area (TPSA) is 36.9 Å². The number of benzene rings is 1. The molecule has 0 saturated carbocycles. The van der Waals surface area contributed by atoms with Crippen LogP contribution in [0.5, 0.6) is 11.5 Å². The molecule has 0 N–H and O–H groups in total. The van der Waals surface area contributed by atoms with Crippen molar-refractivity contribution in [3.8, 4) is 11.5 Å². The van der Waals surface area contributed by atoms with Crippen LogP contribution in [0.4, 0.5) is 0 Å². The van der Waals surface area contributed by atoms with E-state index >= 15 is 0 Å². The van der Waals surface area contributed by atoms with E-state index in [9.17, 15) is 0 Å². The molecule has 114 valence electrons. The minimum absolute atomic E-state index is 0.411. The maximum atomic E-state index is 5.90. The third-order valence-corrected chi connectivity index (χ3v) is 2.86. The summed E-state index contributed by atoms with van der Waals surface area (Å²) in [6, 6.07) is 5.72. The van der Waals surface area contributed by atoms with Crippen molar-refractivity contribution in [3.05, 3.63) is 23.8 Å². The zero-order valence-corrected chi connectivity index (χ0v) is 12.9. The van der Waals surface area contributed by atoms with Gasteiger partial charge in [0, 0.05) is 18.7 Å². The molecule has 5 heteroatoms. The standard InChI is InChI=1S/C15H23ClO4/c1-3-6-19-14-5-4-13(12-16)15(11-14)20-10-9-18-8-7-17-2/h4-5,11H,3,6-10,12H2,1-2H3. The first-order valence-corrected chi connectivity index (χ1v) is 7.36. The van der Waals surface area contributed by atoms with Gasteiger partial charge in [0.1, 0.15) is 18.1 Å². The Labute approximate surface area is 125 Å². The maximum absolute atomic E-state index is 5.90. The smallest absolute Gasteiger partial charge is 0.127 e. The Hall–Kier alpha value is -0.970. The monoisotopic (exact) mass is 302 g/mol. The molecule has 0 fully saturated rings. The van der Waals surface area contributed by atoms with Crippen molar-refractivity contribution in [2.24, 2.45) is 0 Å². The van der Waals surface area contributed by atoms with E-state index in [1.807, 2.05) is 18.2 Å². The third kappa shape index (κ3) is 6.46. The van der Waals surface area contributed by atoms with Crippen LogP contribution in [-0.4, -0.2) is 40.1 Å². The predicted octanol–water partition coefficient (Wildman–Crippen LogP) is 3.26. The van der Waals surface area contributed by atoms with E-state index in [0.29, 0.717) is 38.9 Å². The van der Waals surface area contributed by atoms with Crippen molar-refractivity contribution in [2.75, 3.05) is 40.1 Å². The number of halogens is 1. The van der Waals surface area contributed by atoms with E-state index in [1.165, 1.54) is 0 Å². The summed E-state index contributed by atoms with van der Waals surface area (Å²) in [5.74, 6) is 1.97. The molecule has 0 saturated heterocycles. The van der Waals surface area contributed by atoms with Crippen LogP contribution in [0.3, 0.4) is 0 Å². The highest BCUT2D eigenvalue weighted by Crippen LogP contribution is 2.26. The fourth-order valence-electron chi connectivity index (χ4n) is 1.54. The first-order valence-electron chi connectivity index (χ1n) is 6.83. The van der Waals surface area contributed by atoms with Gasteiger partial charge in [-0.1, -0.05) is 13.0 Å². The van der Waals surface area contributed by atoms with Crippen molar-refractivity contribution >= 4 is 11.6 Å². The van der Waals surface area contributed by atoms with Crippen LogP contribution in [0, 0.1) is 0 Å². The second-order valence-electron chi connectivity index (χ2n) is 4.21. The predicted molar refractivity (Wildman–Crippen MR) is 80.0 cm³/mol. The SMILES string of the molecule is CCCOc1ccc(CCl)c(OCCOCCOC)c1. The van der Waals surface area contributed by atoms with Crippen LogP contribution >= 0.6 is 11.6 Å². The average Bonchev–Trinajstić information content (AvgIpc) is 2.48. The zero-order chi connectivity index (χ0) is 14.6. The fourth-order valence-corrected chi connectivity index (χ4v) is 1.76. The molecule has 0 heterocycles. The van der Waals surface area contributed by atoms with Gasteiger partial charge in [0.2, 0.25) is 0 Å². The van der Waals surface area contributed by atoms with Crippen LogP contribution < -0.4 is 9.47 Å². The van der Waals surface area contributed by atoms with E-state index in [4.69, 9.17) is 30.5 Å². The molecule has 1 aromatic carbocycles. The summed E-state index contributed by atoms with van der Waals surface area (Å²) < 4.78 is 21.5. The lowest BCUT2D eigenvalue weighted by Crippen LogP contribution is -2.10. The molecule has 20 heavy (non-hydrogen) atoms. The summed E-state index contributed by atoms with van der Waals surface area (Å²) >= 11 is 5.90. The van der Waals surface area contributed by atoms with E-state index in [2.05, 4.69) is 6.92 Å². The normalized spacial score (nSPS) is 10.6. The summed E-state index contributed by atoms with van der Waals surface area (Å²) in [5, 5.41) is 0. The highest BCUT2D eigenvalue weighted by molar-refractivity contribution is 6.17. The first kappa shape index (κ1) is 17.1. The van der Waals surface area contributed by atoms with Crippen LogP contribution in [0.1, 0.15) is 18.9 Å². The van der Waals surface area contributed by atoms with Gasteiger partial charge in [-0.05, 0) is 12.5 Å². The van der Waals surface area contributed by atoms with Crippen LogP contribution in [-0.2, 0) is 15.4 Å². The Balaban J connectivity index is 2.44. The van der Waals surface area contributed by atoms with Crippen molar-refractivity contribution in [3.63, 3.8) is 0 Å². The molecule has 0 spiro atoms. The molecule has 1 aromatic rings. The Bertz CT molecular complexity index is 371. The van der Waals surface area contributed by atoms with Gasteiger partial charge in [-0.15, -0.1) is 11.6 Å². The molecule has 1 rings (SSSR count). The Morgan fingerprint density at radius 2 is 1.80 bits per heavy atom. The Kier molecular flexibility index (Phi) is 9.20. The summed E-state index contributed by atoms with van der Waals surface area (Å²) in [4.78, 5) is 0. The van der Waals surface area contributed by atoms with Crippen molar-refractivity contribution in [2.45, 2.75) is 19.2 Å². The van der Waals surface area contributed by atoms with Gasteiger partial charge in [0.25, 0.3) is 0 Å².